The fourth-order valence-corrected chi connectivity index (χ4v) is 2.26. The molecule has 1 aromatic rings. The fraction of sp³-hybridized carbons (Fsp3) is 0.500. The lowest BCUT2D eigenvalue weighted by Crippen LogP contribution is -2.47. The number of aliphatic imine (C=N–C) groups is 1. The van der Waals surface area contributed by atoms with Crippen molar-refractivity contribution in [2.24, 2.45) is 10.4 Å². The maximum atomic E-state index is 11.8. The minimum Gasteiger partial charge on any atom is -0.359 e. The topological polar surface area (TPSA) is 56.7 Å². The van der Waals surface area contributed by atoms with E-state index in [1.54, 1.807) is 14.1 Å². The maximum Gasteiger partial charge on any atom is 0.227 e. The Morgan fingerprint density at radius 3 is 2.48 bits per heavy atom. The molecule has 0 radical (unpaired) electrons. The van der Waals surface area contributed by atoms with Gasteiger partial charge in [0.15, 0.2) is 5.96 Å². The number of carbonyl (C=O) groups excluding carboxylic acids is 1. The van der Waals surface area contributed by atoms with Crippen LogP contribution in [0.5, 0.6) is 0 Å². The van der Waals surface area contributed by atoms with E-state index in [1.165, 1.54) is 0 Å². The molecule has 1 rings (SSSR count). The van der Waals surface area contributed by atoms with Crippen LogP contribution < -0.4 is 10.6 Å². The molecular formula is C16H26ClIN4O. The van der Waals surface area contributed by atoms with Crippen molar-refractivity contribution in [2.75, 3.05) is 27.7 Å². The number of guanidine groups is 1. The summed E-state index contributed by atoms with van der Waals surface area (Å²) in [6.45, 7) is 4.91. The third-order valence-corrected chi connectivity index (χ3v) is 3.84. The Balaban J connectivity index is 0.00000484. The van der Waals surface area contributed by atoms with Gasteiger partial charge >= 0.3 is 0 Å². The van der Waals surface area contributed by atoms with Crippen LogP contribution in [0.1, 0.15) is 19.4 Å². The van der Waals surface area contributed by atoms with Gasteiger partial charge in [-0.05, 0) is 25.5 Å². The second kappa shape index (κ2) is 9.97. The molecule has 0 aromatic heterocycles. The molecule has 1 amide bonds. The van der Waals surface area contributed by atoms with Gasteiger partial charge in [0.1, 0.15) is 0 Å². The number of benzene rings is 1. The summed E-state index contributed by atoms with van der Waals surface area (Å²) in [4.78, 5) is 18.0. The van der Waals surface area contributed by atoms with Crippen molar-refractivity contribution in [2.45, 2.75) is 20.4 Å². The van der Waals surface area contributed by atoms with Crippen LogP contribution in [0.15, 0.2) is 29.3 Å². The van der Waals surface area contributed by atoms with Gasteiger partial charge in [0.25, 0.3) is 0 Å². The van der Waals surface area contributed by atoms with Gasteiger partial charge in [-0.25, -0.2) is 0 Å². The van der Waals surface area contributed by atoms with Crippen molar-refractivity contribution in [3.05, 3.63) is 34.9 Å². The standard InChI is InChI=1S/C16H25ClN4O.HI/c1-16(2,14(22)18-3)11-20-15(19-4)21(5)10-12-8-6-7-9-13(12)17;/h6-9H,10-11H2,1-5H3,(H,18,22)(H,19,20);1H. The first-order chi connectivity index (χ1) is 10.3. The largest absolute Gasteiger partial charge is 0.359 e. The molecule has 2 N–H and O–H groups in total. The van der Waals surface area contributed by atoms with Crippen molar-refractivity contribution >= 4 is 47.4 Å². The molecule has 0 fully saturated rings. The highest BCUT2D eigenvalue weighted by molar-refractivity contribution is 14.0. The van der Waals surface area contributed by atoms with E-state index in [9.17, 15) is 4.79 Å². The van der Waals surface area contributed by atoms with Crippen LogP contribution in [0.4, 0.5) is 0 Å². The Labute approximate surface area is 160 Å². The summed E-state index contributed by atoms with van der Waals surface area (Å²) in [5, 5.41) is 6.64. The molecule has 7 heteroatoms. The number of hydrogen-bond acceptors (Lipinski definition) is 2. The zero-order chi connectivity index (χ0) is 16.8. The summed E-state index contributed by atoms with van der Waals surface area (Å²) >= 11 is 6.19. The van der Waals surface area contributed by atoms with Crippen molar-refractivity contribution in [1.82, 2.24) is 15.5 Å². The molecule has 0 saturated heterocycles. The smallest absolute Gasteiger partial charge is 0.227 e. The third-order valence-electron chi connectivity index (χ3n) is 3.47. The van der Waals surface area contributed by atoms with E-state index in [-0.39, 0.29) is 29.9 Å². The van der Waals surface area contributed by atoms with E-state index in [0.717, 1.165) is 16.5 Å². The second-order valence-electron chi connectivity index (χ2n) is 5.81. The Bertz CT molecular complexity index is 549. The number of halogens is 2. The van der Waals surface area contributed by atoms with E-state index < -0.39 is 5.41 Å². The molecule has 23 heavy (non-hydrogen) atoms. The zero-order valence-corrected chi connectivity index (χ0v) is 17.4. The molecule has 0 atom stereocenters. The lowest BCUT2D eigenvalue weighted by Gasteiger charge is -2.27. The quantitative estimate of drug-likeness (QED) is 0.410. The van der Waals surface area contributed by atoms with Gasteiger partial charge in [-0.2, -0.15) is 0 Å². The van der Waals surface area contributed by atoms with Gasteiger partial charge < -0.3 is 15.5 Å². The maximum absolute atomic E-state index is 11.8. The van der Waals surface area contributed by atoms with Crippen molar-refractivity contribution in [3.8, 4) is 0 Å². The van der Waals surface area contributed by atoms with E-state index in [2.05, 4.69) is 15.6 Å². The summed E-state index contributed by atoms with van der Waals surface area (Å²) in [6.07, 6.45) is 0. The lowest BCUT2D eigenvalue weighted by atomic mass is 9.92. The average Bonchev–Trinajstić information content (AvgIpc) is 2.49. The highest BCUT2D eigenvalue weighted by atomic mass is 127. The van der Waals surface area contributed by atoms with E-state index in [1.807, 2.05) is 50.1 Å². The van der Waals surface area contributed by atoms with Gasteiger partial charge in [0, 0.05) is 39.3 Å². The van der Waals surface area contributed by atoms with Crippen LogP contribution in [0.3, 0.4) is 0 Å². The molecule has 5 nitrogen and oxygen atoms in total. The van der Waals surface area contributed by atoms with E-state index >= 15 is 0 Å². The molecule has 1 aromatic carbocycles. The molecule has 0 spiro atoms. The summed E-state index contributed by atoms with van der Waals surface area (Å²) in [6, 6.07) is 7.72. The van der Waals surface area contributed by atoms with Crippen LogP contribution in [0.2, 0.25) is 5.02 Å². The number of carbonyl (C=O) groups is 1. The number of nitrogens with zero attached hydrogens (tertiary/aromatic N) is 2. The second-order valence-corrected chi connectivity index (χ2v) is 6.22. The van der Waals surface area contributed by atoms with Crippen LogP contribution in [-0.4, -0.2) is 44.5 Å². The van der Waals surface area contributed by atoms with E-state index in [4.69, 9.17) is 11.6 Å². The summed E-state index contributed by atoms with van der Waals surface area (Å²) in [5.41, 5.74) is 0.510. The van der Waals surface area contributed by atoms with Crippen LogP contribution in [0.25, 0.3) is 0 Å². The highest BCUT2D eigenvalue weighted by Crippen LogP contribution is 2.17. The van der Waals surface area contributed by atoms with Crippen molar-refractivity contribution in [3.63, 3.8) is 0 Å². The van der Waals surface area contributed by atoms with Gasteiger partial charge in [-0.1, -0.05) is 29.8 Å². The minimum atomic E-state index is -0.518. The predicted molar refractivity (Wildman–Crippen MR) is 108 cm³/mol. The average molecular weight is 453 g/mol. The van der Waals surface area contributed by atoms with E-state index in [0.29, 0.717) is 13.1 Å². The molecule has 0 bridgehead atoms. The predicted octanol–water partition coefficient (Wildman–Crippen LogP) is 2.74. The normalized spacial score (nSPS) is 11.5. The number of nitrogens with one attached hydrogen (secondary N) is 2. The molecule has 0 heterocycles. The van der Waals surface area contributed by atoms with Gasteiger partial charge in [0.05, 0.1) is 5.41 Å². The molecular weight excluding hydrogens is 427 g/mol. The van der Waals surface area contributed by atoms with Crippen molar-refractivity contribution in [1.29, 1.82) is 0 Å². The minimum absolute atomic E-state index is 0. The number of hydrogen-bond donors (Lipinski definition) is 2. The Kier molecular flexibility index (Phi) is 9.53. The SMILES string of the molecule is CN=C(NCC(C)(C)C(=O)NC)N(C)Cc1ccccc1Cl.I. The first-order valence-electron chi connectivity index (χ1n) is 7.19. The fourth-order valence-electron chi connectivity index (χ4n) is 2.06. The number of amides is 1. The van der Waals surface area contributed by atoms with Crippen LogP contribution in [-0.2, 0) is 11.3 Å². The summed E-state index contributed by atoms with van der Waals surface area (Å²) < 4.78 is 0. The Hall–Kier alpha value is -1.02. The lowest BCUT2D eigenvalue weighted by molar-refractivity contribution is -0.128. The molecule has 0 saturated carbocycles. The molecule has 0 unspecified atom stereocenters. The van der Waals surface area contributed by atoms with Crippen LogP contribution >= 0.6 is 35.6 Å². The molecule has 130 valence electrons. The third kappa shape index (κ3) is 6.55. The summed E-state index contributed by atoms with van der Waals surface area (Å²) in [5.74, 6) is 0.709. The van der Waals surface area contributed by atoms with Gasteiger partial charge in [0.2, 0.25) is 5.91 Å². The molecule has 0 aliphatic rings. The Morgan fingerprint density at radius 2 is 1.96 bits per heavy atom. The first kappa shape index (κ1) is 22.0. The highest BCUT2D eigenvalue weighted by Gasteiger charge is 2.27. The molecule has 0 aliphatic heterocycles. The van der Waals surface area contributed by atoms with Crippen LogP contribution in [0, 0.1) is 5.41 Å². The molecule has 0 aliphatic carbocycles. The number of rotatable bonds is 5. The first-order valence-corrected chi connectivity index (χ1v) is 7.57. The van der Waals surface area contributed by atoms with Gasteiger partial charge in [-0.3, -0.25) is 9.79 Å². The van der Waals surface area contributed by atoms with Gasteiger partial charge in [-0.15, -0.1) is 24.0 Å². The summed E-state index contributed by atoms with van der Waals surface area (Å²) in [7, 11) is 5.30. The monoisotopic (exact) mass is 452 g/mol. The Morgan fingerprint density at radius 1 is 1.35 bits per heavy atom. The van der Waals surface area contributed by atoms with Crippen molar-refractivity contribution < 1.29 is 4.79 Å². The zero-order valence-electron chi connectivity index (χ0n) is 14.3.